The molecule has 0 aliphatic carbocycles. The zero-order valence-electron chi connectivity index (χ0n) is 10.5. The first kappa shape index (κ1) is 12.4. The van der Waals surface area contributed by atoms with Gasteiger partial charge < -0.3 is 10.2 Å². The molecule has 0 aromatic heterocycles. The van der Waals surface area contributed by atoms with E-state index in [-0.39, 0.29) is 11.9 Å². The number of piperidine rings is 1. The summed E-state index contributed by atoms with van der Waals surface area (Å²) in [5.41, 5.74) is 1.96. The van der Waals surface area contributed by atoms with Crippen LogP contribution in [-0.2, 0) is 0 Å². The normalized spacial score (nSPS) is 19.1. The maximum atomic E-state index is 12.0. The van der Waals surface area contributed by atoms with Crippen molar-refractivity contribution in [3.63, 3.8) is 0 Å². The zero-order chi connectivity index (χ0) is 13.0. The molecule has 18 heavy (non-hydrogen) atoms. The number of aryl methyl sites for hydroxylation is 1. The predicted octanol–water partition coefficient (Wildman–Crippen LogP) is 2.76. The number of rotatable bonds is 1. The van der Waals surface area contributed by atoms with Gasteiger partial charge in [-0.25, -0.2) is 4.79 Å². The molecule has 1 atom stereocenters. The summed E-state index contributed by atoms with van der Waals surface area (Å²) >= 11 is 0. The average molecular weight is 243 g/mol. The number of carbonyl (C=O) groups excluding carboxylic acids is 1. The van der Waals surface area contributed by atoms with E-state index in [2.05, 4.69) is 11.4 Å². The Morgan fingerprint density at radius 1 is 1.44 bits per heavy atom. The minimum Gasteiger partial charge on any atom is -0.323 e. The van der Waals surface area contributed by atoms with Crippen molar-refractivity contribution in [2.24, 2.45) is 5.92 Å². The lowest BCUT2D eigenvalue weighted by Gasteiger charge is -2.29. The molecule has 0 bridgehead atoms. The minimum atomic E-state index is -0.112. The first-order chi connectivity index (χ1) is 8.69. The second kappa shape index (κ2) is 5.54. The molecule has 1 aromatic rings. The van der Waals surface area contributed by atoms with Gasteiger partial charge in [-0.15, -0.1) is 0 Å². The third-order valence-corrected chi connectivity index (χ3v) is 3.19. The van der Waals surface area contributed by atoms with Gasteiger partial charge in [0.15, 0.2) is 0 Å². The van der Waals surface area contributed by atoms with Crippen molar-refractivity contribution in [1.82, 2.24) is 4.90 Å². The minimum absolute atomic E-state index is 0.0254. The molecule has 0 spiro atoms. The van der Waals surface area contributed by atoms with Crippen LogP contribution in [0.25, 0.3) is 0 Å². The number of likely N-dealkylation sites (tertiary alicyclic amines) is 1. The van der Waals surface area contributed by atoms with Crippen molar-refractivity contribution in [3.05, 3.63) is 29.8 Å². The van der Waals surface area contributed by atoms with Gasteiger partial charge in [-0.1, -0.05) is 17.7 Å². The van der Waals surface area contributed by atoms with Crippen LogP contribution in [0.15, 0.2) is 24.3 Å². The van der Waals surface area contributed by atoms with Crippen LogP contribution in [0.5, 0.6) is 0 Å². The van der Waals surface area contributed by atoms with Crippen LogP contribution in [0.2, 0.25) is 0 Å². The van der Waals surface area contributed by atoms with Crippen molar-refractivity contribution in [2.45, 2.75) is 19.8 Å². The third-order valence-electron chi connectivity index (χ3n) is 3.19. The molecule has 4 heteroatoms. The summed E-state index contributed by atoms with van der Waals surface area (Å²) in [5.74, 6) is -0.0254. The highest BCUT2D eigenvalue weighted by Crippen LogP contribution is 2.17. The lowest BCUT2D eigenvalue weighted by molar-refractivity contribution is 0.189. The van der Waals surface area contributed by atoms with E-state index >= 15 is 0 Å². The topological polar surface area (TPSA) is 56.1 Å². The summed E-state index contributed by atoms with van der Waals surface area (Å²) in [6.07, 6.45) is 1.80. The van der Waals surface area contributed by atoms with Gasteiger partial charge >= 0.3 is 6.03 Å². The predicted molar refractivity (Wildman–Crippen MR) is 70.1 cm³/mol. The van der Waals surface area contributed by atoms with Gasteiger partial charge in [0.1, 0.15) is 0 Å². The van der Waals surface area contributed by atoms with E-state index in [4.69, 9.17) is 5.26 Å². The number of nitriles is 1. The largest absolute Gasteiger partial charge is 0.323 e. The summed E-state index contributed by atoms with van der Waals surface area (Å²) in [7, 11) is 0. The molecule has 0 radical (unpaired) electrons. The summed E-state index contributed by atoms with van der Waals surface area (Å²) in [5, 5.41) is 11.8. The fourth-order valence-corrected chi connectivity index (χ4v) is 2.11. The summed E-state index contributed by atoms with van der Waals surface area (Å²) in [6, 6.07) is 9.83. The van der Waals surface area contributed by atoms with Gasteiger partial charge in [-0.3, -0.25) is 0 Å². The van der Waals surface area contributed by atoms with Crippen LogP contribution in [0.1, 0.15) is 18.4 Å². The van der Waals surface area contributed by atoms with E-state index in [1.807, 2.05) is 31.2 Å². The SMILES string of the molecule is Cc1ccc(NC(=O)N2CCCC(C#N)C2)cc1. The van der Waals surface area contributed by atoms with Crippen LogP contribution in [0.4, 0.5) is 10.5 Å². The Morgan fingerprint density at radius 2 is 2.17 bits per heavy atom. The fraction of sp³-hybridized carbons (Fsp3) is 0.429. The van der Waals surface area contributed by atoms with E-state index in [0.29, 0.717) is 6.54 Å². The zero-order valence-corrected chi connectivity index (χ0v) is 10.5. The number of anilines is 1. The van der Waals surface area contributed by atoms with Gasteiger partial charge in [0.2, 0.25) is 0 Å². The molecular weight excluding hydrogens is 226 g/mol. The number of amides is 2. The van der Waals surface area contributed by atoms with E-state index < -0.39 is 0 Å². The van der Waals surface area contributed by atoms with Crippen LogP contribution in [0.3, 0.4) is 0 Å². The van der Waals surface area contributed by atoms with Crippen LogP contribution in [-0.4, -0.2) is 24.0 Å². The van der Waals surface area contributed by atoms with Crippen LogP contribution in [0, 0.1) is 24.2 Å². The highest BCUT2D eigenvalue weighted by molar-refractivity contribution is 5.89. The number of nitrogens with zero attached hydrogens (tertiary/aromatic N) is 2. The maximum absolute atomic E-state index is 12.0. The summed E-state index contributed by atoms with van der Waals surface area (Å²) < 4.78 is 0. The Bertz CT molecular complexity index is 461. The van der Waals surface area contributed by atoms with E-state index in [9.17, 15) is 4.79 Å². The highest BCUT2D eigenvalue weighted by atomic mass is 16.2. The number of urea groups is 1. The Kier molecular flexibility index (Phi) is 3.83. The number of hydrogen-bond donors (Lipinski definition) is 1. The average Bonchev–Trinajstić information content (AvgIpc) is 2.41. The van der Waals surface area contributed by atoms with Crippen LogP contribution < -0.4 is 5.32 Å². The Morgan fingerprint density at radius 3 is 2.83 bits per heavy atom. The maximum Gasteiger partial charge on any atom is 0.321 e. The molecule has 1 saturated heterocycles. The van der Waals surface area contributed by atoms with Gasteiger partial charge in [0.05, 0.1) is 12.0 Å². The number of benzene rings is 1. The van der Waals surface area contributed by atoms with Gasteiger partial charge in [0, 0.05) is 18.8 Å². The van der Waals surface area contributed by atoms with E-state index in [0.717, 1.165) is 30.6 Å². The molecule has 1 heterocycles. The van der Waals surface area contributed by atoms with Crippen molar-refractivity contribution >= 4 is 11.7 Å². The molecule has 1 aromatic carbocycles. The van der Waals surface area contributed by atoms with Gasteiger partial charge in [-0.2, -0.15) is 5.26 Å². The standard InChI is InChI=1S/C14H17N3O/c1-11-4-6-13(7-5-11)16-14(18)17-8-2-3-12(9-15)10-17/h4-7,12H,2-3,8,10H2,1H3,(H,16,18). The van der Waals surface area contributed by atoms with Crippen molar-refractivity contribution in [1.29, 1.82) is 5.26 Å². The smallest absolute Gasteiger partial charge is 0.321 e. The molecule has 1 unspecified atom stereocenters. The molecule has 2 rings (SSSR count). The van der Waals surface area contributed by atoms with Crippen molar-refractivity contribution < 1.29 is 4.79 Å². The molecule has 1 aliphatic rings. The Labute approximate surface area is 107 Å². The molecular formula is C14H17N3O. The molecule has 1 fully saturated rings. The Balaban J connectivity index is 1.95. The molecule has 2 amide bonds. The second-order valence-electron chi connectivity index (χ2n) is 4.71. The first-order valence-corrected chi connectivity index (χ1v) is 6.21. The Hall–Kier alpha value is -2.02. The molecule has 0 saturated carbocycles. The number of nitrogens with one attached hydrogen (secondary N) is 1. The van der Waals surface area contributed by atoms with Crippen LogP contribution >= 0.6 is 0 Å². The van der Waals surface area contributed by atoms with E-state index in [1.165, 1.54) is 0 Å². The molecule has 1 N–H and O–H groups in total. The van der Waals surface area contributed by atoms with E-state index in [1.54, 1.807) is 4.90 Å². The highest BCUT2D eigenvalue weighted by Gasteiger charge is 2.23. The van der Waals surface area contributed by atoms with Gasteiger partial charge in [0.25, 0.3) is 0 Å². The summed E-state index contributed by atoms with van der Waals surface area (Å²) in [6.45, 7) is 3.28. The van der Waals surface area contributed by atoms with Crippen molar-refractivity contribution in [2.75, 3.05) is 18.4 Å². The lowest BCUT2D eigenvalue weighted by atomic mass is 10.0. The quantitative estimate of drug-likeness (QED) is 0.824. The summed E-state index contributed by atoms with van der Waals surface area (Å²) in [4.78, 5) is 13.7. The monoisotopic (exact) mass is 243 g/mol. The van der Waals surface area contributed by atoms with Gasteiger partial charge in [-0.05, 0) is 31.9 Å². The first-order valence-electron chi connectivity index (χ1n) is 6.21. The van der Waals surface area contributed by atoms with Crippen molar-refractivity contribution in [3.8, 4) is 6.07 Å². The number of carbonyl (C=O) groups is 1. The molecule has 1 aliphatic heterocycles. The fourth-order valence-electron chi connectivity index (χ4n) is 2.11. The second-order valence-corrected chi connectivity index (χ2v) is 4.71. The molecule has 94 valence electrons. The number of hydrogen-bond acceptors (Lipinski definition) is 2. The third kappa shape index (κ3) is 3.01. The molecule has 4 nitrogen and oxygen atoms in total. The lowest BCUT2D eigenvalue weighted by Crippen LogP contribution is -2.42.